The molecule has 42 heavy (non-hydrogen) atoms. The summed E-state index contributed by atoms with van der Waals surface area (Å²) in [4.78, 5) is 50.6. The molecule has 17 nitrogen and oxygen atoms in total. The van der Waals surface area contributed by atoms with E-state index in [0.29, 0.717) is 4.57 Å². The number of aromatic nitrogens is 6. The third kappa shape index (κ3) is 5.59. The van der Waals surface area contributed by atoms with Crippen LogP contribution in [0, 0.1) is 0 Å². The van der Waals surface area contributed by atoms with Crippen LogP contribution < -0.4 is 21.9 Å². The Labute approximate surface area is 243 Å². The maximum absolute atomic E-state index is 15.8. The monoisotopic (exact) mass is 669 g/mol. The predicted octanol–water partition coefficient (Wildman–Crippen LogP) is -0.513. The van der Waals surface area contributed by atoms with Gasteiger partial charge in [0.1, 0.15) is 43.0 Å². The molecule has 0 aliphatic carbocycles. The number of H-pyrrole nitrogens is 1. The van der Waals surface area contributed by atoms with Crippen LogP contribution in [0.3, 0.4) is 0 Å². The van der Waals surface area contributed by atoms with Crippen molar-refractivity contribution in [2.45, 2.75) is 49.2 Å². The number of anilines is 1. The molecule has 3 fully saturated rings. The Balaban J connectivity index is 1.28. The lowest BCUT2D eigenvalue weighted by molar-refractivity contribution is -0.217. The number of nitrogen functional groups attached to an aromatic ring is 1. The van der Waals surface area contributed by atoms with Crippen molar-refractivity contribution in [3.63, 3.8) is 0 Å². The van der Waals surface area contributed by atoms with E-state index in [9.17, 15) is 19.0 Å². The first-order chi connectivity index (χ1) is 19.8. The average molecular weight is 669 g/mol. The molecule has 0 amide bonds. The molecule has 0 saturated carbocycles. The summed E-state index contributed by atoms with van der Waals surface area (Å²) in [5.74, 6) is 0.0254. The van der Waals surface area contributed by atoms with Gasteiger partial charge in [0, 0.05) is 12.3 Å². The Morgan fingerprint density at radius 1 is 1.05 bits per heavy atom. The molecule has 0 radical (unpaired) electrons. The number of alkyl halides is 2. The van der Waals surface area contributed by atoms with Gasteiger partial charge in [-0.3, -0.25) is 23.5 Å². The molecular weight excluding hydrogens is 650 g/mol. The first-order valence-corrected chi connectivity index (χ1v) is 17.1. The van der Waals surface area contributed by atoms with Crippen molar-refractivity contribution in [3.8, 4) is 0 Å². The summed E-state index contributed by atoms with van der Waals surface area (Å²) in [5.41, 5.74) is 4.30. The van der Waals surface area contributed by atoms with Gasteiger partial charge in [0.2, 0.25) is 0 Å². The van der Waals surface area contributed by atoms with Gasteiger partial charge in [0.15, 0.2) is 43.1 Å². The summed E-state index contributed by atoms with van der Waals surface area (Å²) >= 11 is 9.90. The number of imidazole rings is 1. The van der Waals surface area contributed by atoms with E-state index in [1.54, 1.807) is 0 Å². The number of nitrogens with one attached hydrogen (secondary N) is 1. The second-order valence-corrected chi connectivity index (χ2v) is 14.7. The van der Waals surface area contributed by atoms with E-state index in [4.69, 9.17) is 57.4 Å². The van der Waals surface area contributed by atoms with E-state index < -0.39 is 87.2 Å². The Hall–Kier alpha value is -2.16. The van der Waals surface area contributed by atoms with Crippen molar-refractivity contribution in [3.05, 3.63) is 45.8 Å². The zero-order valence-electron chi connectivity index (χ0n) is 20.7. The van der Waals surface area contributed by atoms with E-state index in [2.05, 4.69) is 15.0 Å². The Kier molecular flexibility index (Phi) is 7.89. The molecular formula is C19H19F2N7O10P2S2-2. The molecule has 3 saturated heterocycles. The molecule has 0 aromatic carbocycles. The summed E-state index contributed by atoms with van der Waals surface area (Å²) in [6, 6.07) is 0.944. The quantitative estimate of drug-likeness (QED) is 0.259. The highest BCUT2D eigenvalue weighted by molar-refractivity contribution is 8.32. The maximum Gasteiger partial charge on any atom is 0.330 e. The highest BCUT2D eigenvalue weighted by Crippen LogP contribution is 2.54. The fourth-order valence-electron chi connectivity index (χ4n) is 4.73. The Morgan fingerprint density at radius 2 is 1.69 bits per heavy atom. The summed E-state index contributed by atoms with van der Waals surface area (Å²) in [5, 5.41) is 0. The summed E-state index contributed by atoms with van der Waals surface area (Å²) in [7, 11) is 0. The van der Waals surface area contributed by atoms with E-state index in [-0.39, 0.29) is 17.0 Å². The number of aromatic amines is 1. The molecule has 2 unspecified atom stereocenters. The smallest absolute Gasteiger partial charge is 0.330 e. The third-order valence-electron chi connectivity index (χ3n) is 6.62. The molecule has 0 bridgehead atoms. The SMILES string of the molecule is Nc1ncnc2c1ncn2[C@@H]1O[C@@H]2COP([O-])(=S)O[C@H]3[C@@H](F)[C@H](n4ccc(=O)[nH]c4=O)O[C@@H]3COP(=O)([S-])O[C@H]2[C@H]1F. The molecule has 228 valence electrons. The van der Waals surface area contributed by atoms with Gasteiger partial charge in [0.05, 0.1) is 19.5 Å². The molecule has 6 rings (SSSR count). The highest BCUT2D eigenvalue weighted by Gasteiger charge is 2.52. The van der Waals surface area contributed by atoms with Crippen LogP contribution in [-0.2, 0) is 56.2 Å². The van der Waals surface area contributed by atoms with Crippen LogP contribution in [0.5, 0.6) is 0 Å². The van der Waals surface area contributed by atoms with E-state index >= 15 is 8.78 Å². The second-order valence-electron chi connectivity index (χ2n) is 9.25. The fourth-order valence-corrected chi connectivity index (χ4v) is 7.57. The van der Waals surface area contributed by atoms with Gasteiger partial charge in [-0.25, -0.2) is 28.5 Å². The lowest BCUT2D eigenvalue weighted by Gasteiger charge is -2.36. The van der Waals surface area contributed by atoms with Crippen LogP contribution in [0.1, 0.15) is 12.5 Å². The highest BCUT2D eigenvalue weighted by atomic mass is 32.7. The minimum Gasteiger partial charge on any atom is -0.780 e. The molecule has 23 heteroatoms. The standard InChI is InChI=1S/C19H21F2N7O10P2S2/c20-10-13-7(35-17(10)27-2-1-9(29)26-19(27)30)3-33-40(32,42)38-14-8(4-34-39(31,41)37-13)36-18(11(14)21)28-6-25-12-15(22)23-5-24-16(12)28/h1-2,5-8,10-11,13-14,17-18H,3-4H2,(H,31,41)(H,32,42)(H2,22,23,24)(H,26,29,30)/p-2/t7-,8-,10-,11-,13-,14-,17-,18-,39?,40?/m1/s1. The van der Waals surface area contributed by atoms with Crippen molar-refractivity contribution in [2.24, 2.45) is 0 Å². The molecule has 3 aliphatic heterocycles. The van der Waals surface area contributed by atoms with Gasteiger partial charge < -0.3 is 50.4 Å². The number of hydrogen-bond acceptors (Lipinski definition) is 16. The van der Waals surface area contributed by atoms with Gasteiger partial charge in [0.25, 0.3) is 5.56 Å². The molecule has 10 atom stereocenters. The summed E-state index contributed by atoms with van der Waals surface area (Å²) in [6.07, 6.45) is -10.6. The average Bonchev–Trinajstić information content (AvgIpc) is 3.57. The topological polar surface area (TPSA) is 220 Å². The first-order valence-electron chi connectivity index (χ1n) is 11.9. The number of halogens is 2. The molecule has 0 spiro atoms. The number of hydrogen-bond donors (Lipinski definition) is 2. The second kappa shape index (κ2) is 11.1. The minimum atomic E-state index is -4.56. The summed E-state index contributed by atoms with van der Waals surface area (Å²) < 4.78 is 78.9. The van der Waals surface area contributed by atoms with Gasteiger partial charge >= 0.3 is 5.69 Å². The molecule has 3 aromatic rings. The van der Waals surface area contributed by atoms with Crippen LogP contribution in [0.2, 0.25) is 0 Å². The van der Waals surface area contributed by atoms with Gasteiger partial charge in [-0.15, -0.1) is 0 Å². The van der Waals surface area contributed by atoms with Crippen molar-refractivity contribution < 1.29 is 45.8 Å². The predicted molar refractivity (Wildman–Crippen MR) is 140 cm³/mol. The summed E-state index contributed by atoms with van der Waals surface area (Å²) in [6.45, 7) is -10.6. The maximum atomic E-state index is 15.8. The lowest BCUT2D eigenvalue weighted by Crippen LogP contribution is -2.39. The number of fused-ring (bicyclic) bond motifs is 3. The molecule has 6 heterocycles. The molecule has 3 N–H and O–H groups in total. The Bertz CT molecular complexity index is 1730. The van der Waals surface area contributed by atoms with E-state index in [1.165, 1.54) is 10.9 Å². The molecule has 3 aliphatic rings. The largest absolute Gasteiger partial charge is 0.780 e. The lowest BCUT2D eigenvalue weighted by atomic mass is 10.1. The van der Waals surface area contributed by atoms with Crippen molar-refractivity contribution in [1.82, 2.24) is 29.1 Å². The first kappa shape index (κ1) is 29.9. The number of rotatable bonds is 2. The molecule has 3 aromatic heterocycles. The van der Waals surface area contributed by atoms with Crippen LogP contribution in [0.4, 0.5) is 14.6 Å². The van der Waals surface area contributed by atoms with Crippen molar-refractivity contribution >= 4 is 54.6 Å². The van der Waals surface area contributed by atoms with Gasteiger partial charge in [-0.05, 0) is 0 Å². The van der Waals surface area contributed by atoms with E-state index in [1.807, 2.05) is 4.98 Å². The third-order valence-corrected chi connectivity index (χ3v) is 9.70. The van der Waals surface area contributed by atoms with Crippen LogP contribution in [0.25, 0.3) is 11.2 Å². The van der Waals surface area contributed by atoms with Crippen molar-refractivity contribution in [2.75, 3.05) is 18.9 Å². The van der Waals surface area contributed by atoms with Crippen LogP contribution in [-0.4, -0.2) is 79.0 Å². The zero-order valence-corrected chi connectivity index (χ0v) is 24.1. The van der Waals surface area contributed by atoms with Crippen LogP contribution >= 0.6 is 13.5 Å². The van der Waals surface area contributed by atoms with E-state index in [0.717, 1.165) is 18.6 Å². The Morgan fingerprint density at radius 3 is 2.38 bits per heavy atom. The van der Waals surface area contributed by atoms with Gasteiger partial charge in [-0.2, -0.15) is 0 Å². The number of nitrogens with two attached hydrogens (primary N) is 1. The minimum absolute atomic E-state index is 0.0254. The van der Waals surface area contributed by atoms with Gasteiger partial charge in [-0.1, -0.05) is 11.8 Å². The number of nitrogens with zero attached hydrogens (tertiary/aromatic N) is 5. The van der Waals surface area contributed by atoms with Crippen LogP contribution in [0.15, 0.2) is 34.5 Å². The normalized spacial score (nSPS) is 39.3. The number of ether oxygens (including phenoxy) is 2. The van der Waals surface area contributed by atoms with Crippen molar-refractivity contribution in [1.29, 1.82) is 0 Å². The fraction of sp³-hybridized carbons (Fsp3) is 0.526. The zero-order chi connectivity index (χ0) is 30.0.